The van der Waals surface area contributed by atoms with Crippen LogP contribution in [0.15, 0.2) is 66.7 Å². The van der Waals surface area contributed by atoms with Crippen molar-refractivity contribution < 1.29 is 20.1 Å². The fourth-order valence-electron chi connectivity index (χ4n) is 2.48. The van der Waals surface area contributed by atoms with E-state index >= 15 is 0 Å². The van der Waals surface area contributed by atoms with Gasteiger partial charge in [0.2, 0.25) is 0 Å². The third kappa shape index (κ3) is 4.08. The zero-order valence-corrected chi connectivity index (χ0v) is 14.7. The largest absolute Gasteiger partial charge is 0.507 e. The van der Waals surface area contributed by atoms with Crippen LogP contribution in [-0.4, -0.2) is 36.3 Å². The van der Waals surface area contributed by atoms with Crippen molar-refractivity contribution in [3.05, 3.63) is 77.9 Å². The average molecular weight is 378 g/mol. The normalized spacial score (nSPS) is 10.3. The number of aromatic carboxylic acids is 1. The molecule has 0 bridgehead atoms. The first-order valence-corrected chi connectivity index (χ1v) is 8.35. The molecule has 0 saturated heterocycles. The van der Waals surface area contributed by atoms with Gasteiger partial charge in [-0.05, 0) is 42.0 Å². The third-order valence-electron chi connectivity index (χ3n) is 3.91. The summed E-state index contributed by atoms with van der Waals surface area (Å²) >= 11 is 0. The number of hydrogen-bond donors (Lipinski definition) is 4. The topological polar surface area (TPSA) is 134 Å². The Morgan fingerprint density at radius 1 is 0.893 bits per heavy atom. The van der Waals surface area contributed by atoms with E-state index in [1.807, 2.05) is 24.3 Å². The lowest BCUT2D eigenvalue weighted by atomic mass is 10.2. The Balaban J connectivity index is 0.000000192. The number of aromatic hydroxyl groups is 2. The van der Waals surface area contributed by atoms with Crippen molar-refractivity contribution in [1.82, 2.24) is 15.0 Å². The Labute approximate surface area is 160 Å². The monoisotopic (exact) mass is 378 g/mol. The maximum Gasteiger partial charge on any atom is 0.339 e. The van der Waals surface area contributed by atoms with E-state index in [1.54, 1.807) is 30.3 Å². The van der Waals surface area contributed by atoms with Crippen LogP contribution in [0.25, 0.3) is 16.7 Å². The molecule has 142 valence electrons. The molecule has 8 nitrogen and oxygen atoms in total. The highest BCUT2D eigenvalue weighted by atomic mass is 16.4. The molecule has 0 aliphatic heterocycles. The number of phenols is 2. The second kappa shape index (κ2) is 8.19. The van der Waals surface area contributed by atoms with Crippen molar-refractivity contribution >= 4 is 17.0 Å². The molecule has 0 saturated carbocycles. The number of nitrogens with zero attached hydrogens (tertiary/aromatic N) is 3. The minimum absolute atomic E-state index is 0.0671. The van der Waals surface area contributed by atoms with Crippen molar-refractivity contribution in [3.8, 4) is 17.2 Å². The predicted molar refractivity (Wildman–Crippen MR) is 103 cm³/mol. The van der Waals surface area contributed by atoms with Gasteiger partial charge in [0.1, 0.15) is 33.8 Å². The minimum atomic E-state index is -1.11. The second-order valence-electron chi connectivity index (χ2n) is 5.83. The zero-order chi connectivity index (χ0) is 20.1. The number of para-hydroxylation sites is 1. The van der Waals surface area contributed by atoms with E-state index in [-0.39, 0.29) is 17.1 Å². The van der Waals surface area contributed by atoms with E-state index in [0.717, 1.165) is 16.6 Å². The highest BCUT2D eigenvalue weighted by Gasteiger charge is 2.09. The molecule has 3 aromatic carbocycles. The van der Waals surface area contributed by atoms with Crippen LogP contribution < -0.4 is 5.73 Å². The number of nitrogens with two attached hydrogens (primary N) is 1. The molecule has 28 heavy (non-hydrogen) atoms. The molecule has 4 rings (SSSR count). The first kappa shape index (κ1) is 18.9. The summed E-state index contributed by atoms with van der Waals surface area (Å²) in [6.45, 7) is 0.411. The third-order valence-corrected chi connectivity index (χ3v) is 3.91. The summed E-state index contributed by atoms with van der Waals surface area (Å²) in [5, 5.41) is 35.8. The summed E-state index contributed by atoms with van der Waals surface area (Å²) < 4.78 is 0. The summed E-state index contributed by atoms with van der Waals surface area (Å²) in [4.78, 5) is 11.7. The molecule has 0 aliphatic rings. The van der Waals surface area contributed by atoms with Gasteiger partial charge in [0.05, 0.1) is 0 Å². The highest BCUT2D eigenvalue weighted by Crippen LogP contribution is 2.22. The summed E-state index contributed by atoms with van der Waals surface area (Å²) in [6, 6.07) is 18.5. The zero-order valence-electron chi connectivity index (χ0n) is 14.7. The van der Waals surface area contributed by atoms with Crippen LogP contribution in [0.4, 0.5) is 0 Å². The molecule has 5 N–H and O–H groups in total. The second-order valence-corrected chi connectivity index (χ2v) is 5.83. The molecule has 0 spiro atoms. The lowest BCUT2D eigenvalue weighted by Gasteiger charge is -2.04. The van der Waals surface area contributed by atoms with E-state index in [1.165, 1.54) is 16.9 Å². The molecule has 0 aliphatic carbocycles. The van der Waals surface area contributed by atoms with Crippen molar-refractivity contribution in [2.24, 2.45) is 5.73 Å². The molecule has 4 aromatic rings. The SMILES string of the molecule is NCc1ccc(O)c(-n2nc3ccccc3n2)c1.O=C(O)c1ccccc1O. The van der Waals surface area contributed by atoms with Crippen LogP contribution in [0.5, 0.6) is 11.5 Å². The van der Waals surface area contributed by atoms with E-state index in [4.69, 9.17) is 15.9 Å². The molecule has 0 amide bonds. The molecular weight excluding hydrogens is 360 g/mol. The maximum absolute atomic E-state index is 10.3. The van der Waals surface area contributed by atoms with Crippen molar-refractivity contribution in [1.29, 1.82) is 0 Å². The van der Waals surface area contributed by atoms with Crippen molar-refractivity contribution in [2.75, 3.05) is 0 Å². The van der Waals surface area contributed by atoms with Gasteiger partial charge in [0.25, 0.3) is 0 Å². The first-order chi connectivity index (χ1) is 13.5. The first-order valence-electron chi connectivity index (χ1n) is 8.35. The number of carboxylic acid groups (broad SMARTS) is 1. The van der Waals surface area contributed by atoms with Gasteiger partial charge >= 0.3 is 5.97 Å². The van der Waals surface area contributed by atoms with Gasteiger partial charge in [-0.3, -0.25) is 0 Å². The fraction of sp³-hybridized carbons (Fsp3) is 0.0500. The molecule has 0 unspecified atom stereocenters. The van der Waals surface area contributed by atoms with Gasteiger partial charge in [-0.2, -0.15) is 0 Å². The number of hydrogen-bond acceptors (Lipinski definition) is 6. The highest BCUT2D eigenvalue weighted by molar-refractivity contribution is 5.90. The smallest absolute Gasteiger partial charge is 0.339 e. The van der Waals surface area contributed by atoms with Crippen molar-refractivity contribution in [3.63, 3.8) is 0 Å². The van der Waals surface area contributed by atoms with Gasteiger partial charge < -0.3 is 21.1 Å². The lowest BCUT2D eigenvalue weighted by molar-refractivity contribution is 0.0693. The molecule has 8 heteroatoms. The van der Waals surface area contributed by atoms with Gasteiger partial charge in [-0.25, -0.2) is 4.79 Å². The molecule has 0 radical (unpaired) electrons. The van der Waals surface area contributed by atoms with Crippen molar-refractivity contribution in [2.45, 2.75) is 6.54 Å². The van der Waals surface area contributed by atoms with Crippen LogP contribution in [-0.2, 0) is 6.54 Å². The molecule has 0 atom stereocenters. The predicted octanol–water partition coefficient (Wildman–Crippen LogP) is 2.68. The minimum Gasteiger partial charge on any atom is -0.507 e. The molecule has 0 fully saturated rings. The van der Waals surface area contributed by atoms with Crippen LogP contribution in [0.3, 0.4) is 0 Å². The summed E-state index contributed by atoms with van der Waals surface area (Å²) in [5.41, 5.74) is 8.55. The Bertz CT molecular complexity index is 1090. The Hall–Kier alpha value is -3.91. The maximum atomic E-state index is 10.3. The number of benzene rings is 3. The lowest BCUT2D eigenvalue weighted by Crippen LogP contribution is -2.02. The van der Waals surface area contributed by atoms with Crippen LogP contribution in [0, 0.1) is 0 Å². The van der Waals surface area contributed by atoms with E-state index < -0.39 is 5.97 Å². The standard InChI is InChI=1S/C13H12N4O.C7H6O3/c14-8-9-5-6-13(18)12(7-9)17-15-10-3-1-2-4-11(10)16-17;8-6-4-2-1-3-5(6)7(9)10/h1-7,18H,8,14H2;1-4,8H,(H,9,10). The van der Waals surface area contributed by atoms with Crippen LogP contribution >= 0.6 is 0 Å². The quantitative estimate of drug-likeness (QED) is 0.430. The Morgan fingerprint density at radius 3 is 2.04 bits per heavy atom. The average Bonchev–Trinajstić information content (AvgIpc) is 3.13. The van der Waals surface area contributed by atoms with Gasteiger partial charge in [-0.15, -0.1) is 15.0 Å². The summed E-state index contributed by atoms with van der Waals surface area (Å²) in [6.07, 6.45) is 0. The van der Waals surface area contributed by atoms with Crippen LogP contribution in [0.2, 0.25) is 0 Å². The van der Waals surface area contributed by atoms with Gasteiger partial charge in [0, 0.05) is 6.54 Å². The summed E-state index contributed by atoms with van der Waals surface area (Å²) in [5.74, 6) is -1.18. The number of fused-ring (bicyclic) bond motifs is 1. The Morgan fingerprint density at radius 2 is 1.50 bits per heavy atom. The fourth-order valence-corrected chi connectivity index (χ4v) is 2.48. The number of rotatable bonds is 3. The molecular formula is C20H18N4O4. The van der Waals surface area contributed by atoms with Gasteiger partial charge in [-0.1, -0.05) is 30.3 Å². The van der Waals surface area contributed by atoms with E-state index in [2.05, 4.69) is 10.2 Å². The van der Waals surface area contributed by atoms with E-state index in [0.29, 0.717) is 12.2 Å². The number of phenolic OH excluding ortho intramolecular Hbond substituents is 1. The molecule has 1 aromatic heterocycles. The van der Waals surface area contributed by atoms with Gasteiger partial charge in [0.15, 0.2) is 0 Å². The van der Waals surface area contributed by atoms with Crippen LogP contribution in [0.1, 0.15) is 15.9 Å². The number of aromatic nitrogens is 3. The van der Waals surface area contributed by atoms with E-state index in [9.17, 15) is 9.90 Å². The Kier molecular flexibility index (Phi) is 5.52. The molecule has 1 heterocycles. The number of carbonyl (C=O) groups is 1. The summed E-state index contributed by atoms with van der Waals surface area (Å²) in [7, 11) is 0. The number of carboxylic acids is 1.